The normalized spacial score (nSPS) is 19.4. The first kappa shape index (κ1) is 14.4. The van der Waals surface area contributed by atoms with Crippen LogP contribution < -0.4 is 10.6 Å². The second-order valence-corrected chi connectivity index (χ2v) is 6.00. The van der Waals surface area contributed by atoms with Crippen LogP contribution in [0.5, 0.6) is 0 Å². The quantitative estimate of drug-likeness (QED) is 0.856. The molecule has 1 aliphatic carbocycles. The predicted octanol–water partition coefficient (Wildman–Crippen LogP) is 2.35. The summed E-state index contributed by atoms with van der Waals surface area (Å²) in [4.78, 5) is 2.10. The van der Waals surface area contributed by atoms with E-state index >= 15 is 0 Å². The first-order valence-corrected chi connectivity index (χ1v) is 7.21. The highest BCUT2D eigenvalue weighted by Gasteiger charge is 2.40. The molecule has 1 atom stereocenters. The molecule has 0 aromatic heterocycles. The Morgan fingerprint density at radius 1 is 1.21 bits per heavy atom. The van der Waals surface area contributed by atoms with Crippen molar-refractivity contribution in [1.29, 1.82) is 0 Å². The molecule has 1 aromatic rings. The molecule has 3 N–H and O–H groups in total. The number of nitrogens with zero attached hydrogens (tertiary/aromatic N) is 1. The van der Waals surface area contributed by atoms with E-state index in [2.05, 4.69) is 29.2 Å². The van der Waals surface area contributed by atoms with Gasteiger partial charge in [-0.3, -0.25) is 0 Å². The zero-order valence-corrected chi connectivity index (χ0v) is 12.1. The molecule has 1 fully saturated rings. The molecule has 0 bridgehead atoms. The predicted molar refractivity (Wildman–Crippen MR) is 80.6 cm³/mol. The van der Waals surface area contributed by atoms with Crippen LogP contribution in [0.25, 0.3) is 0 Å². The summed E-state index contributed by atoms with van der Waals surface area (Å²) in [7, 11) is 4.09. The Morgan fingerprint density at radius 3 is 2.21 bits per heavy atom. The Bertz CT molecular complexity index is 394. The molecule has 2 rings (SSSR count). The summed E-state index contributed by atoms with van der Waals surface area (Å²) in [6, 6.07) is 8.61. The molecule has 0 radical (unpaired) electrons. The van der Waals surface area contributed by atoms with E-state index in [0.29, 0.717) is 6.54 Å². The fourth-order valence-corrected chi connectivity index (χ4v) is 3.44. The maximum atomic E-state index is 9.86. The van der Waals surface area contributed by atoms with Gasteiger partial charge in [0, 0.05) is 37.7 Å². The first-order valence-electron chi connectivity index (χ1n) is 7.21. The van der Waals surface area contributed by atoms with E-state index in [0.717, 1.165) is 12.8 Å². The molecule has 3 nitrogen and oxygen atoms in total. The Balaban J connectivity index is 2.26. The zero-order chi connectivity index (χ0) is 13.9. The summed E-state index contributed by atoms with van der Waals surface area (Å²) in [5.41, 5.74) is 8.50. The lowest BCUT2D eigenvalue weighted by Crippen LogP contribution is -2.34. The Hall–Kier alpha value is -1.06. The van der Waals surface area contributed by atoms with E-state index in [9.17, 15) is 5.11 Å². The van der Waals surface area contributed by atoms with E-state index in [1.54, 1.807) is 0 Å². The molecule has 0 amide bonds. The van der Waals surface area contributed by atoms with E-state index in [1.165, 1.54) is 24.1 Å². The lowest BCUT2D eigenvalue weighted by atomic mass is 9.71. The number of anilines is 1. The van der Waals surface area contributed by atoms with Crippen molar-refractivity contribution in [3.63, 3.8) is 0 Å². The van der Waals surface area contributed by atoms with Crippen LogP contribution in [0, 0.1) is 5.41 Å². The largest absolute Gasteiger partial charge is 0.396 e. The Kier molecular flexibility index (Phi) is 4.48. The van der Waals surface area contributed by atoms with Gasteiger partial charge in [0.15, 0.2) is 0 Å². The van der Waals surface area contributed by atoms with Crippen LogP contribution in [0.4, 0.5) is 5.69 Å². The van der Waals surface area contributed by atoms with Gasteiger partial charge in [0.25, 0.3) is 0 Å². The van der Waals surface area contributed by atoms with E-state index < -0.39 is 0 Å². The first-order chi connectivity index (χ1) is 9.13. The summed E-state index contributed by atoms with van der Waals surface area (Å²) in [6.45, 7) is 0.867. The maximum Gasteiger partial charge on any atom is 0.0493 e. The van der Waals surface area contributed by atoms with Crippen LogP contribution in [-0.2, 0) is 0 Å². The molecular formula is C16H26N2O. The minimum Gasteiger partial charge on any atom is -0.396 e. The lowest BCUT2D eigenvalue weighted by Gasteiger charge is -2.36. The second kappa shape index (κ2) is 5.93. The summed E-state index contributed by atoms with van der Waals surface area (Å²) >= 11 is 0. The van der Waals surface area contributed by atoms with Gasteiger partial charge in [0.2, 0.25) is 0 Å². The third-order valence-electron chi connectivity index (χ3n) is 4.70. The summed E-state index contributed by atoms with van der Waals surface area (Å²) in [6.07, 6.45) is 4.63. The fourth-order valence-electron chi connectivity index (χ4n) is 3.44. The highest BCUT2D eigenvalue weighted by atomic mass is 16.3. The summed E-state index contributed by atoms with van der Waals surface area (Å²) in [5, 5.41) is 9.86. The minimum atomic E-state index is 0.00832. The molecular weight excluding hydrogens is 236 g/mol. The maximum absolute atomic E-state index is 9.86. The number of nitrogens with two attached hydrogens (primary N) is 1. The average Bonchev–Trinajstić information content (AvgIpc) is 2.90. The van der Waals surface area contributed by atoms with E-state index in [1.807, 2.05) is 14.1 Å². The van der Waals surface area contributed by atoms with Crippen LogP contribution in [-0.4, -0.2) is 32.4 Å². The van der Waals surface area contributed by atoms with Crippen LogP contribution in [0.3, 0.4) is 0 Å². The number of hydrogen-bond acceptors (Lipinski definition) is 3. The van der Waals surface area contributed by atoms with E-state index in [4.69, 9.17) is 5.73 Å². The Morgan fingerprint density at radius 2 is 1.79 bits per heavy atom. The van der Waals surface area contributed by atoms with Gasteiger partial charge in [0.1, 0.15) is 0 Å². The van der Waals surface area contributed by atoms with E-state index in [-0.39, 0.29) is 17.9 Å². The van der Waals surface area contributed by atoms with Crippen molar-refractivity contribution in [2.75, 3.05) is 32.1 Å². The monoisotopic (exact) mass is 262 g/mol. The van der Waals surface area contributed by atoms with Crippen LogP contribution in [0.2, 0.25) is 0 Å². The van der Waals surface area contributed by atoms with Gasteiger partial charge in [-0.1, -0.05) is 25.0 Å². The van der Waals surface area contributed by atoms with Gasteiger partial charge < -0.3 is 15.7 Å². The van der Waals surface area contributed by atoms with Gasteiger partial charge in [-0.2, -0.15) is 0 Å². The summed E-state index contributed by atoms with van der Waals surface area (Å²) in [5.74, 6) is 0.274. The van der Waals surface area contributed by atoms with Gasteiger partial charge in [-0.05, 0) is 37.1 Å². The van der Waals surface area contributed by atoms with Crippen molar-refractivity contribution >= 4 is 5.69 Å². The molecule has 106 valence electrons. The average molecular weight is 262 g/mol. The zero-order valence-electron chi connectivity index (χ0n) is 12.1. The molecule has 1 saturated carbocycles. The van der Waals surface area contributed by atoms with Crippen molar-refractivity contribution in [3.05, 3.63) is 29.8 Å². The SMILES string of the molecule is CN(C)c1ccc([C@@H](CN)C2(CO)CCCC2)cc1. The third kappa shape index (κ3) is 2.77. The molecule has 1 aromatic carbocycles. The van der Waals surface area contributed by atoms with Crippen molar-refractivity contribution in [3.8, 4) is 0 Å². The van der Waals surface area contributed by atoms with Gasteiger partial charge >= 0.3 is 0 Å². The van der Waals surface area contributed by atoms with Gasteiger partial charge in [-0.15, -0.1) is 0 Å². The van der Waals surface area contributed by atoms with Crippen LogP contribution in [0.15, 0.2) is 24.3 Å². The topological polar surface area (TPSA) is 49.5 Å². The fraction of sp³-hybridized carbons (Fsp3) is 0.625. The molecule has 19 heavy (non-hydrogen) atoms. The molecule has 1 aliphatic rings. The highest BCUT2D eigenvalue weighted by Crippen LogP contribution is 2.48. The molecule has 0 heterocycles. The van der Waals surface area contributed by atoms with Crippen molar-refractivity contribution in [2.45, 2.75) is 31.6 Å². The molecule has 0 unspecified atom stereocenters. The van der Waals surface area contributed by atoms with Gasteiger partial charge in [-0.25, -0.2) is 0 Å². The number of aliphatic hydroxyl groups excluding tert-OH is 1. The summed E-state index contributed by atoms with van der Waals surface area (Å²) < 4.78 is 0. The number of benzene rings is 1. The number of aliphatic hydroxyl groups is 1. The third-order valence-corrected chi connectivity index (χ3v) is 4.70. The van der Waals surface area contributed by atoms with Crippen molar-refractivity contribution in [2.24, 2.45) is 11.1 Å². The molecule has 3 heteroatoms. The molecule has 0 aliphatic heterocycles. The second-order valence-electron chi connectivity index (χ2n) is 6.00. The lowest BCUT2D eigenvalue weighted by molar-refractivity contribution is 0.103. The van der Waals surface area contributed by atoms with Crippen LogP contribution >= 0.6 is 0 Å². The van der Waals surface area contributed by atoms with Crippen molar-refractivity contribution < 1.29 is 5.11 Å². The smallest absolute Gasteiger partial charge is 0.0493 e. The Labute approximate surface area is 116 Å². The minimum absolute atomic E-state index is 0.00832. The number of rotatable bonds is 5. The highest BCUT2D eigenvalue weighted by molar-refractivity contribution is 5.47. The molecule has 0 saturated heterocycles. The molecule has 0 spiro atoms. The standard InChI is InChI=1S/C16H26N2O/c1-18(2)14-7-5-13(6-8-14)15(11-17)16(12-19)9-3-4-10-16/h5-8,15,19H,3-4,9-12,17H2,1-2H3/t15-/m1/s1. The number of hydrogen-bond donors (Lipinski definition) is 2. The van der Waals surface area contributed by atoms with Gasteiger partial charge in [0.05, 0.1) is 0 Å². The van der Waals surface area contributed by atoms with Crippen LogP contribution in [0.1, 0.15) is 37.2 Å². The van der Waals surface area contributed by atoms with Crippen molar-refractivity contribution in [1.82, 2.24) is 0 Å².